The van der Waals surface area contributed by atoms with Gasteiger partial charge in [-0.05, 0) is 50.5 Å². The highest BCUT2D eigenvalue weighted by atomic mass is 32.1. The van der Waals surface area contributed by atoms with Crippen molar-refractivity contribution in [1.29, 1.82) is 0 Å². The van der Waals surface area contributed by atoms with Gasteiger partial charge in [-0.1, -0.05) is 18.2 Å². The molecule has 2 aromatic rings. The van der Waals surface area contributed by atoms with Gasteiger partial charge in [-0.15, -0.1) is 11.3 Å². The zero-order valence-corrected chi connectivity index (χ0v) is 15.7. The smallest absolute Gasteiger partial charge is 0.319 e. The second kappa shape index (κ2) is 8.36. The van der Waals surface area contributed by atoms with Crippen LogP contribution in [-0.4, -0.2) is 44.7 Å². The molecule has 0 spiro atoms. The molecule has 0 radical (unpaired) electrons. The van der Waals surface area contributed by atoms with E-state index in [1.54, 1.807) is 11.3 Å². The molecule has 3 rings (SSSR count). The number of anilines is 2. The summed E-state index contributed by atoms with van der Waals surface area (Å²) in [6.07, 6.45) is 2.43. The molecule has 1 atom stereocenters. The van der Waals surface area contributed by atoms with Crippen molar-refractivity contribution in [2.75, 3.05) is 43.9 Å². The van der Waals surface area contributed by atoms with Crippen LogP contribution in [0.5, 0.6) is 0 Å². The third-order valence-electron chi connectivity index (χ3n) is 4.55. The lowest BCUT2D eigenvalue weighted by Gasteiger charge is -2.24. The number of carbonyl (C=O) groups excluding carboxylic acids is 1. The average Bonchev–Trinajstić information content (AvgIpc) is 3.29. The number of thiophene rings is 1. The van der Waals surface area contributed by atoms with Crippen LogP contribution in [0.3, 0.4) is 0 Å². The molecular weight excluding hydrogens is 332 g/mol. The molecule has 0 bridgehead atoms. The quantitative estimate of drug-likeness (QED) is 0.826. The zero-order chi connectivity index (χ0) is 17.6. The number of benzene rings is 1. The molecular formula is C19H26N4OS. The summed E-state index contributed by atoms with van der Waals surface area (Å²) in [6.45, 7) is 2.69. The molecule has 25 heavy (non-hydrogen) atoms. The predicted molar refractivity (Wildman–Crippen MR) is 106 cm³/mol. The van der Waals surface area contributed by atoms with Gasteiger partial charge in [0.05, 0.1) is 17.4 Å². The second-order valence-corrected chi connectivity index (χ2v) is 7.52. The topological polar surface area (TPSA) is 47.6 Å². The lowest BCUT2D eigenvalue weighted by molar-refractivity contribution is 0.244. The van der Waals surface area contributed by atoms with E-state index in [1.807, 2.05) is 38.4 Å². The Bertz CT molecular complexity index is 680. The summed E-state index contributed by atoms with van der Waals surface area (Å²) in [5, 5.41) is 8.10. The van der Waals surface area contributed by atoms with E-state index in [4.69, 9.17) is 0 Å². The van der Waals surface area contributed by atoms with E-state index >= 15 is 0 Å². The van der Waals surface area contributed by atoms with Crippen LogP contribution in [0.4, 0.5) is 16.2 Å². The maximum atomic E-state index is 12.4. The van der Waals surface area contributed by atoms with Crippen molar-refractivity contribution in [2.24, 2.45) is 0 Å². The van der Waals surface area contributed by atoms with Crippen molar-refractivity contribution in [3.05, 3.63) is 46.7 Å². The van der Waals surface area contributed by atoms with E-state index in [0.29, 0.717) is 6.54 Å². The number of nitrogens with zero attached hydrogens (tertiary/aromatic N) is 2. The predicted octanol–water partition coefficient (Wildman–Crippen LogP) is 3.77. The highest BCUT2D eigenvalue weighted by Crippen LogP contribution is 2.28. The summed E-state index contributed by atoms with van der Waals surface area (Å²) >= 11 is 1.71. The Morgan fingerprint density at radius 2 is 1.96 bits per heavy atom. The van der Waals surface area contributed by atoms with Crippen LogP contribution < -0.4 is 15.5 Å². The Balaban J connectivity index is 1.61. The maximum Gasteiger partial charge on any atom is 0.319 e. The Hall–Kier alpha value is -2.05. The third kappa shape index (κ3) is 4.52. The molecule has 0 aliphatic carbocycles. The minimum absolute atomic E-state index is 0.157. The first-order valence-corrected chi connectivity index (χ1v) is 9.62. The van der Waals surface area contributed by atoms with Gasteiger partial charge in [0.1, 0.15) is 0 Å². The fraction of sp³-hybridized carbons (Fsp3) is 0.421. The van der Waals surface area contributed by atoms with Crippen LogP contribution in [0.15, 0.2) is 41.8 Å². The van der Waals surface area contributed by atoms with Gasteiger partial charge in [0.25, 0.3) is 0 Å². The largest absolute Gasteiger partial charge is 0.370 e. The normalized spacial score (nSPS) is 15.4. The van der Waals surface area contributed by atoms with Crippen LogP contribution in [0, 0.1) is 0 Å². The number of urea groups is 1. The van der Waals surface area contributed by atoms with Crippen LogP contribution >= 0.6 is 11.3 Å². The molecule has 1 fully saturated rings. The van der Waals surface area contributed by atoms with Gasteiger partial charge in [0.2, 0.25) is 0 Å². The van der Waals surface area contributed by atoms with Gasteiger partial charge in [-0.3, -0.25) is 0 Å². The first-order valence-electron chi connectivity index (χ1n) is 8.74. The molecule has 2 amide bonds. The van der Waals surface area contributed by atoms with Crippen LogP contribution in [0.25, 0.3) is 0 Å². The van der Waals surface area contributed by atoms with Crippen molar-refractivity contribution in [1.82, 2.24) is 10.2 Å². The monoisotopic (exact) mass is 358 g/mol. The number of amides is 2. The number of carbonyl (C=O) groups is 1. The number of rotatable bonds is 6. The van der Waals surface area contributed by atoms with Crippen molar-refractivity contribution >= 4 is 28.7 Å². The van der Waals surface area contributed by atoms with Crippen molar-refractivity contribution in [3.63, 3.8) is 0 Å². The van der Waals surface area contributed by atoms with E-state index in [-0.39, 0.29) is 12.1 Å². The molecule has 1 aliphatic heterocycles. The summed E-state index contributed by atoms with van der Waals surface area (Å²) < 4.78 is 0. The van der Waals surface area contributed by atoms with Gasteiger partial charge < -0.3 is 20.4 Å². The minimum Gasteiger partial charge on any atom is -0.370 e. The molecule has 2 heterocycles. The first-order chi connectivity index (χ1) is 12.1. The van der Waals surface area contributed by atoms with E-state index in [1.165, 1.54) is 17.7 Å². The fourth-order valence-corrected chi connectivity index (χ4v) is 4.11. The summed E-state index contributed by atoms with van der Waals surface area (Å²) in [6, 6.07) is 12.2. The number of likely N-dealkylation sites (N-methyl/N-ethyl adjacent to an activating group) is 1. The molecule has 1 aliphatic rings. The SMILES string of the molecule is CN(C)[C@@H](CNC(=O)Nc1ccccc1N1CCCC1)c1cccs1. The average molecular weight is 359 g/mol. The first kappa shape index (κ1) is 17.8. The lowest BCUT2D eigenvalue weighted by Crippen LogP contribution is -2.36. The number of para-hydroxylation sites is 2. The molecule has 1 saturated heterocycles. The zero-order valence-electron chi connectivity index (χ0n) is 14.9. The molecule has 1 aromatic carbocycles. The molecule has 134 valence electrons. The number of hydrogen-bond donors (Lipinski definition) is 2. The van der Waals surface area contributed by atoms with Crippen molar-refractivity contribution in [3.8, 4) is 0 Å². The lowest BCUT2D eigenvalue weighted by atomic mass is 10.2. The summed E-state index contributed by atoms with van der Waals surface area (Å²) in [4.78, 5) is 18.1. The Morgan fingerprint density at radius 1 is 1.20 bits per heavy atom. The Morgan fingerprint density at radius 3 is 2.64 bits per heavy atom. The van der Waals surface area contributed by atoms with Crippen molar-refractivity contribution < 1.29 is 4.79 Å². The molecule has 0 saturated carbocycles. The van der Waals surface area contributed by atoms with Crippen LogP contribution in [-0.2, 0) is 0 Å². The number of nitrogens with one attached hydrogen (secondary N) is 2. The van der Waals surface area contributed by atoms with Gasteiger partial charge in [-0.2, -0.15) is 0 Å². The van der Waals surface area contributed by atoms with Gasteiger partial charge in [0, 0.05) is 24.5 Å². The molecule has 1 aromatic heterocycles. The highest BCUT2D eigenvalue weighted by molar-refractivity contribution is 7.10. The summed E-state index contributed by atoms with van der Waals surface area (Å²) in [7, 11) is 4.07. The third-order valence-corrected chi connectivity index (χ3v) is 5.52. The van der Waals surface area contributed by atoms with Gasteiger partial charge >= 0.3 is 6.03 Å². The standard InChI is InChI=1S/C19H26N4OS/c1-22(2)17(18-10-7-13-25-18)14-20-19(24)21-15-8-3-4-9-16(15)23-11-5-6-12-23/h3-4,7-10,13,17H,5-6,11-12,14H2,1-2H3,(H2,20,21,24)/t17-/m0/s1. The summed E-state index contributed by atoms with van der Waals surface area (Å²) in [5.41, 5.74) is 1.98. The van der Waals surface area contributed by atoms with Gasteiger partial charge in [0.15, 0.2) is 0 Å². The highest BCUT2D eigenvalue weighted by Gasteiger charge is 2.18. The van der Waals surface area contributed by atoms with E-state index in [0.717, 1.165) is 24.5 Å². The van der Waals surface area contributed by atoms with E-state index in [9.17, 15) is 4.79 Å². The molecule has 5 nitrogen and oxygen atoms in total. The Labute approximate surface area is 153 Å². The summed E-state index contributed by atoms with van der Waals surface area (Å²) in [5.74, 6) is 0. The second-order valence-electron chi connectivity index (χ2n) is 6.54. The molecule has 6 heteroatoms. The van der Waals surface area contributed by atoms with Crippen LogP contribution in [0.2, 0.25) is 0 Å². The minimum atomic E-state index is -0.157. The number of hydrogen-bond acceptors (Lipinski definition) is 4. The molecule has 2 N–H and O–H groups in total. The Kier molecular flexibility index (Phi) is 5.94. The van der Waals surface area contributed by atoms with Gasteiger partial charge in [-0.25, -0.2) is 4.79 Å². The van der Waals surface area contributed by atoms with Crippen molar-refractivity contribution in [2.45, 2.75) is 18.9 Å². The van der Waals surface area contributed by atoms with E-state index < -0.39 is 0 Å². The fourth-order valence-electron chi connectivity index (χ4n) is 3.19. The van der Waals surface area contributed by atoms with Crippen LogP contribution in [0.1, 0.15) is 23.8 Å². The maximum absolute atomic E-state index is 12.4. The van der Waals surface area contributed by atoms with E-state index in [2.05, 4.69) is 37.9 Å². The molecule has 0 unspecified atom stereocenters.